The summed E-state index contributed by atoms with van der Waals surface area (Å²) in [6, 6.07) is 28.7. The molecule has 0 unspecified atom stereocenters. The maximum Gasteiger partial charge on any atom is 0.120 e. The zero-order chi connectivity index (χ0) is 47.6. The summed E-state index contributed by atoms with van der Waals surface area (Å²) in [5.41, 5.74) is 3.93. The van der Waals surface area contributed by atoms with Crippen LogP contribution in [0, 0.1) is 45.0 Å². The second-order valence-electron chi connectivity index (χ2n) is 14.3. The Kier molecular flexibility index (Phi) is 6.87. The van der Waals surface area contributed by atoms with Crippen molar-refractivity contribution in [2.75, 3.05) is 0 Å². The van der Waals surface area contributed by atoms with Crippen LogP contribution in [0.2, 0.25) is 0 Å². The predicted octanol–water partition coefficient (Wildman–Crippen LogP) is 12.8. The van der Waals surface area contributed by atoms with E-state index in [1.54, 1.807) is 57.2 Å². The van der Waals surface area contributed by atoms with Gasteiger partial charge in [-0.3, -0.25) is 0 Å². The third kappa shape index (κ3) is 8.75. The quantitative estimate of drug-likeness (QED) is 0.166. The van der Waals surface area contributed by atoms with Crippen molar-refractivity contribution in [3.63, 3.8) is 0 Å². The number of fused-ring (bicyclic) bond motifs is 3. The van der Waals surface area contributed by atoms with Crippen LogP contribution < -0.4 is 0 Å². The molecule has 0 saturated carbocycles. The molecule has 3 heterocycles. The molecule has 7 rings (SSSR count). The SMILES string of the molecule is [2H]C([2H])([2H])c1c[c-]c(-c2ccc(C(C)(C)C)cn2)cc1.[2H]C([2H])([2H])c1ccc2oc3c(-c4cc(-c5ccc(C([2H])([2H])C(C)(C)C)cc5C([2H])([2H])[2H])c(C([2H])([2H])[2H])cn4)[c-]ccc3c2c1.[Ir]. The molecule has 0 spiro atoms. The molecule has 51 heavy (non-hydrogen) atoms. The van der Waals surface area contributed by atoms with Crippen molar-refractivity contribution in [2.45, 2.75) is 80.7 Å². The van der Waals surface area contributed by atoms with Crippen molar-refractivity contribution < 1.29 is 43.7 Å². The molecule has 0 amide bonds. The van der Waals surface area contributed by atoms with E-state index in [4.69, 9.17) is 23.6 Å². The second-order valence-corrected chi connectivity index (χ2v) is 14.3. The molecule has 0 atom stereocenters. The molecule has 0 bridgehead atoms. The first kappa shape index (κ1) is 23.2. The number of rotatable bonds is 4. The zero-order valence-corrected chi connectivity index (χ0v) is 31.8. The van der Waals surface area contributed by atoms with E-state index in [0.717, 1.165) is 11.3 Å². The van der Waals surface area contributed by atoms with Crippen LogP contribution in [0.15, 0.2) is 102 Å². The summed E-state index contributed by atoms with van der Waals surface area (Å²) in [4.78, 5) is 8.85. The van der Waals surface area contributed by atoms with Gasteiger partial charge in [0.1, 0.15) is 5.58 Å². The Labute approximate surface area is 337 Å². The number of hydrogen-bond donors (Lipinski definition) is 0. The van der Waals surface area contributed by atoms with Crippen molar-refractivity contribution in [1.82, 2.24) is 9.97 Å². The Morgan fingerprint density at radius 2 is 1.49 bits per heavy atom. The van der Waals surface area contributed by atoms with Crippen LogP contribution in [-0.4, -0.2) is 9.97 Å². The van der Waals surface area contributed by atoms with E-state index in [1.165, 1.54) is 48.2 Å². The first-order valence-corrected chi connectivity index (χ1v) is 16.3. The monoisotopic (exact) mass is 863 g/mol. The first-order valence-electron chi connectivity index (χ1n) is 23.3. The summed E-state index contributed by atoms with van der Waals surface area (Å²) in [5, 5.41) is 1.19. The average Bonchev–Trinajstić information content (AvgIpc) is 3.57. The minimum Gasteiger partial charge on any atom is -0.501 e. The van der Waals surface area contributed by atoms with Crippen LogP contribution in [0.5, 0.6) is 0 Å². The fourth-order valence-corrected chi connectivity index (χ4v) is 5.62. The van der Waals surface area contributed by atoms with E-state index in [-0.39, 0.29) is 64.6 Å². The second kappa shape index (κ2) is 15.1. The van der Waals surface area contributed by atoms with Crippen LogP contribution >= 0.6 is 0 Å². The Balaban J connectivity index is 0.000000317. The molecule has 0 aliphatic carbocycles. The van der Waals surface area contributed by atoms with Gasteiger partial charge in [-0.15, -0.1) is 53.6 Å². The molecule has 0 saturated heterocycles. The molecule has 4 aromatic carbocycles. The number of hydrogen-bond acceptors (Lipinski definition) is 3. The summed E-state index contributed by atoms with van der Waals surface area (Å²) in [7, 11) is 0. The van der Waals surface area contributed by atoms with E-state index in [9.17, 15) is 0 Å². The van der Waals surface area contributed by atoms with Crippen molar-refractivity contribution in [3.05, 3.63) is 143 Å². The van der Waals surface area contributed by atoms with Gasteiger partial charge in [0.05, 0.1) is 5.58 Å². The number of aromatic nitrogens is 2. The zero-order valence-electron chi connectivity index (χ0n) is 43.4. The van der Waals surface area contributed by atoms with Gasteiger partial charge in [0, 0.05) is 57.1 Å². The van der Waals surface area contributed by atoms with Gasteiger partial charge in [-0.1, -0.05) is 107 Å². The van der Waals surface area contributed by atoms with Crippen LogP contribution in [0.25, 0.3) is 55.6 Å². The van der Waals surface area contributed by atoms with E-state index in [0.29, 0.717) is 33.1 Å². The molecule has 0 N–H and O–H groups in total. The van der Waals surface area contributed by atoms with E-state index in [2.05, 4.69) is 42.9 Å². The van der Waals surface area contributed by atoms with Gasteiger partial charge in [-0.2, -0.15) is 0 Å². The fourth-order valence-electron chi connectivity index (χ4n) is 5.62. The number of aryl methyl sites for hydroxylation is 4. The van der Waals surface area contributed by atoms with Crippen LogP contribution in [0.1, 0.15) is 94.1 Å². The number of furan rings is 1. The van der Waals surface area contributed by atoms with Crippen LogP contribution in [-0.2, 0) is 31.9 Å². The summed E-state index contributed by atoms with van der Waals surface area (Å²) in [5.74, 6) is 0. The smallest absolute Gasteiger partial charge is 0.120 e. The fraction of sp³-hybridized carbons (Fsp3) is 0.277. The largest absolute Gasteiger partial charge is 0.501 e. The third-order valence-corrected chi connectivity index (χ3v) is 8.14. The molecular formula is C47H48IrN2O-2. The summed E-state index contributed by atoms with van der Waals surface area (Å²) < 4.78 is 118. The minimum absolute atomic E-state index is 0. The van der Waals surface area contributed by atoms with Gasteiger partial charge in [-0.05, 0) is 94.7 Å². The van der Waals surface area contributed by atoms with Crippen molar-refractivity contribution in [2.24, 2.45) is 5.41 Å². The molecule has 4 heteroatoms. The topological polar surface area (TPSA) is 38.9 Å². The normalized spacial score (nSPS) is 17.0. The van der Waals surface area contributed by atoms with Crippen LogP contribution in [0.4, 0.5) is 0 Å². The molecule has 0 aliphatic heterocycles. The van der Waals surface area contributed by atoms with Gasteiger partial charge in [0.25, 0.3) is 0 Å². The standard InChI is InChI=1S/C31H30NO.C16H18N.Ir/c1-19-10-13-29-27(14-19)24-8-7-9-25(30(24)33-29)28-16-26(21(3)18-32-28)23-12-11-22(15-20(23)2)17-31(4,5)6;1-12-5-7-13(8-6-12)15-10-9-14(11-17-15)16(2,3)4;/h7-8,10-16,18H,17H2,1-6H3;5-7,9-11H,1-4H3;/q2*-1;/i1D3,2D3,3D3,17D2;1D3;. The Bertz CT molecular complexity index is 2750. The van der Waals surface area contributed by atoms with Crippen molar-refractivity contribution >= 4 is 21.9 Å². The number of nitrogens with zero attached hydrogens (tertiary/aromatic N) is 2. The van der Waals surface area contributed by atoms with E-state index >= 15 is 0 Å². The number of pyridine rings is 2. The van der Waals surface area contributed by atoms with Crippen molar-refractivity contribution in [3.8, 4) is 33.6 Å². The summed E-state index contributed by atoms with van der Waals surface area (Å²) in [6.07, 6.45) is 1.17. The average molecular weight is 863 g/mol. The van der Waals surface area contributed by atoms with Gasteiger partial charge < -0.3 is 14.4 Å². The molecule has 7 aromatic rings. The first-order chi connectivity index (χ1) is 29.3. The molecule has 263 valence electrons. The molecule has 0 aliphatic rings. The third-order valence-electron chi connectivity index (χ3n) is 8.14. The Morgan fingerprint density at radius 3 is 2.16 bits per heavy atom. The number of benzene rings is 4. The van der Waals surface area contributed by atoms with Gasteiger partial charge in [-0.25, -0.2) is 0 Å². The van der Waals surface area contributed by atoms with Gasteiger partial charge in [0.2, 0.25) is 0 Å². The van der Waals surface area contributed by atoms with Crippen LogP contribution in [0.3, 0.4) is 0 Å². The molecule has 3 nitrogen and oxygen atoms in total. The summed E-state index contributed by atoms with van der Waals surface area (Å²) >= 11 is 0. The van der Waals surface area contributed by atoms with E-state index < -0.39 is 39.2 Å². The maximum atomic E-state index is 8.69. The maximum absolute atomic E-state index is 8.69. The molecule has 0 fully saturated rings. The molecule has 3 aromatic heterocycles. The van der Waals surface area contributed by atoms with Gasteiger partial charge >= 0.3 is 0 Å². The molecular weight excluding hydrogens is 801 g/mol. The minimum atomic E-state index is -2.69. The Hall–Kier alpha value is -4.37. The predicted molar refractivity (Wildman–Crippen MR) is 211 cm³/mol. The van der Waals surface area contributed by atoms with Crippen molar-refractivity contribution in [1.29, 1.82) is 0 Å². The van der Waals surface area contributed by atoms with E-state index in [1.807, 2.05) is 18.3 Å². The molecule has 1 radical (unpaired) electrons. The van der Waals surface area contributed by atoms with Gasteiger partial charge in [0.15, 0.2) is 0 Å². The summed E-state index contributed by atoms with van der Waals surface area (Å²) in [6.45, 7) is 1.84. The Morgan fingerprint density at radius 1 is 0.706 bits per heavy atom.